The normalized spacial score (nSPS) is 10.8. The van der Waals surface area contributed by atoms with Crippen LogP contribution in [0, 0.1) is 23.7 Å². The summed E-state index contributed by atoms with van der Waals surface area (Å²) in [5.41, 5.74) is 3.62. The van der Waals surface area contributed by atoms with Gasteiger partial charge in [-0.1, -0.05) is 71.7 Å². The number of hydrogen-bond donors (Lipinski definition) is 0. The van der Waals surface area contributed by atoms with Crippen LogP contribution < -0.4 is 0 Å². The fourth-order valence-corrected chi connectivity index (χ4v) is 2.64. The van der Waals surface area contributed by atoms with Gasteiger partial charge in [0.2, 0.25) is 0 Å². The molecule has 0 aromatic heterocycles. The van der Waals surface area contributed by atoms with E-state index >= 15 is 0 Å². The van der Waals surface area contributed by atoms with Gasteiger partial charge in [-0.05, 0) is 42.5 Å². The molecule has 0 radical (unpaired) electrons. The van der Waals surface area contributed by atoms with Crippen molar-refractivity contribution in [1.82, 2.24) is 0 Å². The van der Waals surface area contributed by atoms with Crippen LogP contribution >= 0.6 is 11.6 Å². The van der Waals surface area contributed by atoms with E-state index in [9.17, 15) is 0 Å². The first-order valence-corrected chi connectivity index (χ1v) is 8.60. The summed E-state index contributed by atoms with van der Waals surface area (Å²) in [6.45, 7) is 0. The first kappa shape index (κ1) is 17.8. The second kappa shape index (κ2) is 8.93. The Balaban J connectivity index is 1.96. The third-order valence-electron chi connectivity index (χ3n) is 3.77. The zero-order chi connectivity index (χ0) is 18.2. The summed E-state index contributed by atoms with van der Waals surface area (Å²) < 4.78 is 5.61. The molecule has 0 saturated carbocycles. The highest BCUT2D eigenvalue weighted by Crippen LogP contribution is 2.24. The minimum absolute atomic E-state index is 0.408. The Bertz CT molecular complexity index is 986. The Morgan fingerprint density at radius 1 is 0.769 bits per heavy atom. The molecule has 2 heteroatoms. The fourth-order valence-electron chi connectivity index (χ4n) is 2.46. The number of benzene rings is 3. The van der Waals surface area contributed by atoms with Crippen molar-refractivity contribution in [3.05, 3.63) is 106 Å². The standard InChI is InChI=1S/C24H17ClO/c1-26-24(17-13-20-10-6-3-7-11-20)23-18-22(25)16-15-21(23)14-12-19-8-4-2-5-9-19/h2-11,15-16,18,24H,1H3. The van der Waals surface area contributed by atoms with Crippen molar-refractivity contribution in [1.29, 1.82) is 0 Å². The summed E-state index contributed by atoms with van der Waals surface area (Å²) >= 11 is 6.20. The Morgan fingerprint density at radius 3 is 2.00 bits per heavy atom. The maximum Gasteiger partial charge on any atom is 0.144 e. The SMILES string of the molecule is COC(C#Cc1ccccc1)c1cc(Cl)ccc1C#Cc1ccccc1. The van der Waals surface area contributed by atoms with Gasteiger partial charge in [-0.3, -0.25) is 0 Å². The molecule has 3 rings (SSSR count). The Hall–Kier alpha value is -2.97. The van der Waals surface area contributed by atoms with Crippen LogP contribution in [0.1, 0.15) is 28.4 Å². The van der Waals surface area contributed by atoms with Crippen molar-refractivity contribution < 1.29 is 4.74 Å². The lowest BCUT2D eigenvalue weighted by Crippen LogP contribution is -2.02. The van der Waals surface area contributed by atoms with E-state index in [4.69, 9.17) is 16.3 Å². The minimum Gasteiger partial charge on any atom is -0.364 e. The molecule has 0 fully saturated rings. The minimum atomic E-state index is -0.408. The van der Waals surface area contributed by atoms with E-state index in [1.54, 1.807) is 7.11 Å². The number of methoxy groups -OCH3 is 1. The van der Waals surface area contributed by atoms with Crippen molar-refractivity contribution in [2.24, 2.45) is 0 Å². The molecule has 0 heterocycles. The Labute approximate surface area is 159 Å². The number of ether oxygens (including phenoxy) is 1. The van der Waals surface area contributed by atoms with Gasteiger partial charge in [-0.25, -0.2) is 0 Å². The average molecular weight is 357 g/mol. The first-order valence-electron chi connectivity index (χ1n) is 8.22. The quantitative estimate of drug-likeness (QED) is 0.552. The van der Waals surface area contributed by atoms with Gasteiger partial charge >= 0.3 is 0 Å². The Morgan fingerprint density at radius 2 is 1.38 bits per heavy atom. The zero-order valence-electron chi connectivity index (χ0n) is 14.4. The summed E-state index contributed by atoms with van der Waals surface area (Å²) in [5.74, 6) is 12.7. The maximum atomic E-state index is 6.20. The molecule has 3 aromatic carbocycles. The molecule has 0 amide bonds. The molecule has 1 unspecified atom stereocenters. The van der Waals surface area contributed by atoms with Crippen molar-refractivity contribution in [3.63, 3.8) is 0 Å². The molecule has 0 bridgehead atoms. The van der Waals surface area contributed by atoms with E-state index < -0.39 is 6.10 Å². The maximum absolute atomic E-state index is 6.20. The number of rotatable bonds is 2. The predicted molar refractivity (Wildman–Crippen MR) is 107 cm³/mol. The smallest absolute Gasteiger partial charge is 0.144 e. The van der Waals surface area contributed by atoms with Crippen LogP contribution in [0.3, 0.4) is 0 Å². The van der Waals surface area contributed by atoms with E-state index in [1.807, 2.05) is 78.9 Å². The van der Waals surface area contributed by atoms with Gasteiger partial charge < -0.3 is 4.74 Å². The highest BCUT2D eigenvalue weighted by Gasteiger charge is 2.12. The van der Waals surface area contributed by atoms with Gasteiger partial charge in [-0.2, -0.15) is 0 Å². The van der Waals surface area contributed by atoms with Crippen LogP contribution in [-0.2, 0) is 4.74 Å². The second-order valence-electron chi connectivity index (χ2n) is 5.60. The lowest BCUT2D eigenvalue weighted by molar-refractivity contribution is 0.150. The van der Waals surface area contributed by atoms with Gasteiger partial charge in [0.1, 0.15) is 6.10 Å². The van der Waals surface area contributed by atoms with Gasteiger partial charge in [-0.15, -0.1) is 0 Å². The highest BCUT2D eigenvalue weighted by atomic mass is 35.5. The lowest BCUT2D eigenvalue weighted by atomic mass is 10.0. The lowest BCUT2D eigenvalue weighted by Gasteiger charge is -2.12. The van der Waals surface area contributed by atoms with E-state index in [0.29, 0.717) is 5.02 Å². The molecular weight excluding hydrogens is 340 g/mol. The molecule has 0 spiro atoms. The van der Waals surface area contributed by atoms with Crippen molar-refractivity contribution in [3.8, 4) is 23.7 Å². The molecule has 0 saturated heterocycles. The molecule has 126 valence electrons. The molecule has 3 aromatic rings. The molecule has 0 aliphatic rings. The summed E-state index contributed by atoms with van der Waals surface area (Å²) in [7, 11) is 1.64. The molecule has 1 nitrogen and oxygen atoms in total. The second-order valence-corrected chi connectivity index (χ2v) is 6.04. The largest absolute Gasteiger partial charge is 0.364 e. The summed E-state index contributed by atoms with van der Waals surface area (Å²) in [5, 5.41) is 0.633. The Kier molecular flexibility index (Phi) is 6.13. The predicted octanol–water partition coefficient (Wildman–Crippen LogP) is 5.48. The van der Waals surface area contributed by atoms with Gasteiger partial charge in [0, 0.05) is 34.4 Å². The molecule has 26 heavy (non-hydrogen) atoms. The molecule has 0 aliphatic carbocycles. The van der Waals surface area contributed by atoms with Gasteiger partial charge in [0.05, 0.1) is 0 Å². The average Bonchev–Trinajstić information content (AvgIpc) is 2.69. The molecule has 0 N–H and O–H groups in total. The van der Waals surface area contributed by atoms with Gasteiger partial charge in [0.25, 0.3) is 0 Å². The highest BCUT2D eigenvalue weighted by molar-refractivity contribution is 6.30. The van der Waals surface area contributed by atoms with Crippen LogP contribution in [0.15, 0.2) is 78.9 Å². The summed E-state index contributed by atoms with van der Waals surface area (Å²) in [6.07, 6.45) is -0.408. The van der Waals surface area contributed by atoms with Crippen LogP contribution in [-0.4, -0.2) is 7.11 Å². The van der Waals surface area contributed by atoms with E-state index in [0.717, 1.165) is 22.3 Å². The third-order valence-corrected chi connectivity index (χ3v) is 4.00. The third kappa shape index (κ3) is 4.78. The van der Waals surface area contributed by atoms with Crippen molar-refractivity contribution >= 4 is 11.6 Å². The van der Waals surface area contributed by atoms with Crippen molar-refractivity contribution in [2.45, 2.75) is 6.10 Å². The van der Waals surface area contributed by atoms with Crippen LogP contribution in [0.2, 0.25) is 5.02 Å². The molecule has 0 aliphatic heterocycles. The fraction of sp³-hybridized carbons (Fsp3) is 0.0833. The van der Waals surface area contributed by atoms with Crippen LogP contribution in [0.25, 0.3) is 0 Å². The van der Waals surface area contributed by atoms with Crippen LogP contribution in [0.4, 0.5) is 0 Å². The van der Waals surface area contributed by atoms with E-state index in [2.05, 4.69) is 23.7 Å². The van der Waals surface area contributed by atoms with Crippen molar-refractivity contribution in [2.75, 3.05) is 7.11 Å². The zero-order valence-corrected chi connectivity index (χ0v) is 15.1. The molecular formula is C24H17ClO. The summed E-state index contributed by atoms with van der Waals surface area (Å²) in [4.78, 5) is 0. The van der Waals surface area contributed by atoms with E-state index in [-0.39, 0.29) is 0 Å². The monoisotopic (exact) mass is 356 g/mol. The first-order chi connectivity index (χ1) is 12.8. The van der Waals surface area contributed by atoms with E-state index in [1.165, 1.54) is 0 Å². The molecule has 1 atom stereocenters. The van der Waals surface area contributed by atoms with Crippen LogP contribution in [0.5, 0.6) is 0 Å². The summed E-state index contributed by atoms with van der Waals surface area (Å²) in [6, 6.07) is 25.3. The number of halogens is 1. The van der Waals surface area contributed by atoms with Gasteiger partial charge in [0.15, 0.2) is 0 Å². The number of hydrogen-bond acceptors (Lipinski definition) is 1. The topological polar surface area (TPSA) is 9.23 Å².